The summed E-state index contributed by atoms with van der Waals surface area (Å²) >= 11 is 3.24. The molecule has 0 radical (unpaired) electrons. The van der Waals surface area contributed by atoms with E-state index in [-0.39, 0.29) is 11.6 Å². The molecule has 0 bridgehead atoms. The van der Waals surface area contributed by atoms with Gasteiger partial charge >= 0.3 is 0 Å². The number of anilines is 1. The first-order chi connectivity index (χ1) is 8.54. The van der Waals surface area contributed by atoms with Gasteiger partial charge in [0, 0.05) is 16.7 Å². The average molecular weight is 312 g/mol. The van der Waals surface area contributed by atoms with Crippen LogP contribution in [0, 0.1) is 18.6 Å². The highest BCUT2D eigenvalue weighted by Crippen LogP contribution is 2.19. The topological polar surface area (TPSA) is 12.0 Å². The number of nitrogens with one attached hydrogen (secondary N) is 1. The van der Waals surface area contributed by atoms with Crippen LogP contribution >= 0.6 is 15.9 Å². The minimum absolute atomic E-state index is 0.288. The van der Waals surface area contributed by atoms with E-state index < -0.39 is 0 Å². The molecule has 0 aliphatic carbocycles. The van der Waals surface area contributed by atoms with Crippen molar-refractivity contribution in [1.29, 1.82) is 0 Å². The van der Waals surface area contributed by atoms with Gasteiger partial charge in [-0.25, -0.2) is 8.78 Å². The Kier molecular flexibility index (Phi) is 3.97. The van der Waals surface area contributed by atoms with Gasteiger partial charge in [-0.1, -0.05) is 22.0 Å². The maximum Gasteiger partial charge on any atom is 0.125 e. The van der Waals surface area contributed by atoms with Gasteiger partial charge in [-0.2, -0.15) is 0 Å². The molecule has 2 aromatic carbocycles. The van der Waals surface area contributed by atoms with E-state index in [1.165, 1.54) is 24.3 Å². The maximum absolute atomic E-state index is 13.2. The van der Waals surface area contributed by atoms with Crippen molar-refractivity contribution >= 4 is 21.6 Å². The van der Waals surface area contributed by atoms with Crippen molar-refractivity contribution in [3.05, 3.63) is 63.6 Å². The first-order valence-electron chi connectivity index (χ1n) is 5.49. The summed E-state index contributed by atoms with van der Waals surface area (Å²) in [6.07, 6.45) is 0. The van der Waals surface area contributed by atoms with E-state index >= 15 is 0 Å². The summed E-state index contributed by atoms with van der Waals surface area (Å²) in [7, 11) is 0. The van der Waals surface area contributed by atoms with Crippen LogP contribution in [0.15, 0.2) is 40.9 Å². The highest BCUT2D eigenvalue weighted by molar-refractivity contribution is 9.10. The summed E-state index contributed by atoms with van der Waals surface area (Å²) in [5, 5.41) is 3.10. The van der Waals surface area contributed by atoms with Crippen LogP contribution in [0.25, 0.3) is 0 Å². The van der Waals surface area contributed by atoms with Crippen LogP contribution in [-0.4, -0.2) is 0 Å². The molecular formula is C14H12BrF2N. The lowest BCUT2D eigenvalue weighted by Gasteiger charge is -2.10. The van der Waals surface area contributed by atoms with E-state index in [0.717, 1.165) is 16.8 Å². The van der Waals surface area contributed by atoms with Crippen LogP contribution in [-0.2, 0) is 6.54 Å². The Bertz CT molecular complexity index is 549. The molecule has 1 nitrogen and oxygen atoms in total. The molecule has 0 atom stereocenters. The standard InChI is InChI=1S/C14H12BrF2N/c1-9-2-3-12(16)7-14(9)18-8-10-4-11(15)6-13(17)5-10/h2-7,18H,8H2,1H3. The molecule has 0 heterocycles. The molecule has 0 saturated carbocycles. The predicted molar refractivity (Wildman–Crippen MR) is 72.6 cm³/mol. The first-order valence-corrected chi connectivity index (χ1v) is 6.29. The summed E-state index contributed by atoms with van der Waals surface area (Å²) in [5.41, 5.74) is 2.47. The average Bonchev–Trinajstić information content (AvgIpc) is 2.29. The van der Waals surface area contributed by atoms with Crippen LogP contribution in [0.5, 0.6) is 0 Å². The van der Waals surface area contributed by atoms with Gasteiger partial charge in [-0.15, -0.1) is 0 Å². The highest BCUT2D eigenvalue weighted by atomic mass is 79.9. The van der Waals surface area contributed by atoms with E-state index in [4.69, 9.17) is 0 Å². The number of rotatable bonds is 3. The molecule has 0 saturated heterocycles. The number of halogens is 3. The van der Waals surface area contributed by atoms with E-state index in [1.54, 1.807) is 6.07 Å². The lowest BCUT2D eigenvalue weighted by atomic mass is 10.1. The fourth-order valence-corrected chi connectivity index (χ4v) is 2.21. The third-order valence-corrected chi connectivity index (χ3v) is 3.06. The molecule has 0 unspecified atom stereocenters. The molecule has 2 rings (SSSR count). The molecular weight excluding hydrogens is 300 g/mol. The van der Waals surface area contributed by atoms with Gasteiger partial charge in [0.2, 0.25) is 0 Å². The second-order valence-corrected chi connectivity index (χ2v) is 5.01. The minimum Gasteiger partial charge on any atom is -0.381 e. The zero-order valence-corrected chi connectivity index (χ0v) is 11.4. The number of aryl methyl sites for hydroxylation is 1. The Hall–Kier alpha value is -1.42. The lowest BCUT2D eigenvalue weighted by Crippen LogP contribution is -2.02. The van der Waals surface area contributed by atoms with Gasteiger partial charge in [0.25, 0.3) is 0 Å². The fraction of sp³-hybridized carbons (Fsp3) is 0.143. The molecule has 0 aromatic heterocycles. The summed E-state index contributed by atoms with van der Waals surface area (Å²) in [6.45, 7) is 2.34. The van der Waals surface area contributed by atoms with Gasteiger partial charge in [0.15, 0.2) is 0 Å². The largest absolute Gasteiger partial charge is 0.381 e. The second-order valence-electron chi connectivity index (χ2n) is 4.09. The van der Waals surface area contributed by atoms with Crippen molar-refractivity contribution in [1.82, 2.24) is 0 Å². The van der Waals surface area contributed by atoms with Crippen LogP contribution in [0.4, 0.5) is 14.5 Å². The van der Waals surface area contributed by atoms with Crippen LogP contribution < -0.4 is 5.32 Å². The van der Waals surface area contributed by atoms with Crippen molar-refractivity contribution in [3.63, 3.8) is 0 Å². The Morgan fingerprint density at radius 2 is 1.83 bits per heavy atom. The minimum atomic E-state index is -0.294. The molecule has 0 aliphatic heterocycles. The molecule has 0 amide bonds. The van der Waals surface area contributed by atoms with E-state index in [9.17, 15) is 8.78 Å². The SMILES string of the molecule is Cc1ccc(F)cc1NCc1cc(F)cc(Br)c1. The van der Waals surface area contributed by atoms with E-state index in [1.807, 2.05) is 13.0 Å². The van der Waals surface area contributed by atoms with Gasteiger partial charge in [0.05, 0.1) is 0 Å². The molecule has 18 heavy (non-hydrogen) atoms. The summed E-state index contributed by atoms with van der Waals surface area (Å²) in [5.74, 6) is -0.583. The number of benzene rings is 2. The normalized spacial score (nSPS) is 10.4. The third kappa shape index (κ3) is 3.29. The van der Waals surface area contributed by atoms with Crippen molar-refractivity contribution in [3.8, 4) is 0 Å². The Morgan fingerprint density at radius 1 is 1.06 bits per heavy atom. The Labute approximate surface area is 113 Å². The summed E-state index contributed by atoms with van der Waals surface area (Å²) in [4.78, 5) is 0. The molecule has 1 N–H and O–H groups in total. The van der Waals surface area contributed by atoms with Gasteiger partial charge < -0.3 is 5.32 Å². The summed E-state index contributed by atoms with van der Waals surface area (Å²) in [6, 6.07) is 9.23. The Morgan fingerprint density at radius 3 is 2.56 bits per heavy atom. The second kappa shape index (κ2) is 5.48. The lowest BCUT2D eigenvalue weighted by molar-refractivity contribution is 0.624. The quantitative estimate of drug-likeness (QED) is 0.870. The van der Waals surface area contributed by atoms with Crippen molar-refractivity contribution in [2.24, 2.45) is 0 Å². The molecule has 0 aliphatic rings. The van der Waals surface area contributed by atoms with Gasteiger partial charge in [-0.05, 0) is 48.4 Å². The third-order valence-electron chi connectivity index (χ3n) is 2.60. The summed E-state index contributed by atoms with van der Waals surface area (Å²) < 4.78 is 27.0. The van der Waals surface area contributed by atoms with Crippen molar-refractivity contribution in [2.75, 3.05) is 5.32 Å². The molecule has 0 spiro atoms. The van der Waals surface area contributed by atoms with Crippen molar-refractivity contribution in [2.45, 2.75) is 13.5 Å². The van der Waals surface area contributed by atoms with Crippen molar-refractivity contribution < 1.29 is 8.78 Å². The van der Waals surface area contributed by atoms with Crippen LogP contribution in [0.1, 0.15) is 11.1 Å². The number of hydrogen-bond donors (Lipinski definition) is 1. The number of hydrogen-bond acceptors (Lipinski definition) is 1. The highest BCUT2D eigenvalue weighted by Gasteiger charge is 2.02. The van der Waals surface area contributed by atoms with Gasteiger partial charge in [0.1, 0.15) is 11.6 Å². The maximum atomic E-state index is 13.2. The molecule has 2 aromatic rings. The zero-order chi connectivity index (χ0) is 13.1. The molecule has 0 fully saturated rings. The molecule has 94 valence electrons. The van der Waals surface area contributed by atoms with Crippen LogP contribution in [0.3, 0.4) is 0 Å². The monoisotopic (exact) mass is 311 g/mol. The zero-order valence-electron chi connectivity index (χ0n) is 9.81. The fourth-order valence-electron chi connectivity index (χ4n) is 1.69. The van der Waals surface area contributed by atoms with E-state index in [0.29, 0.717) is 11.0 Å². The predicted octanol–water partition coefficient (Wildman–Crippen LogP) is 4.65. The van der Waals surface area contributed by atoms with Gasteiger partial charge in [-0.3, -0.25) is 0 Å². The van der Waals surface area contributed by atoms with E-state index in [2.05, 4.69) is 21.2 Å². The Balaban J connectivity index is 2.13. The van der Waals surface area contributed by atoms with Crippen LogP contribution in [0.2, 0.25) is 0 Å². The molecule has 4 heteroatoms. The first kappa shape index (κ1) is 13.0. The smallest absolute Gasteiger partial charge is 0.125 e.